The number of nitrogens with zero attached hydrogens (tertiary/aromatic N) is 1. The largest absolute Gasteiger partial charge is 0.303 e. The molecule has 2 heteroatoms. The van der Waals surface area contributed by atoms with Crippen molar-refractivity contribution >= 4 is 12.6 Å². The third-order valence-electron chi connectivity index (χ3n) is 2.06. The van der Waals surface area contributed by atoms with Gasteiger partial charge in [-0.15, -0.1) is 0 Å². The van der Waals surface area contributed by atoms with Crippen molar-refractivity contribution in [2.75, 3.05) is 19.6 Å². The fraction of sp³-hybridized carbons (Fsp3) is 1.00. The van der Waals surface area contributed by atoms with Crippen LogP contribution in [0.4, 0.5) is 0 Å². The summed E-state index contributed by atoms with van der Waals surface area (Å²) >= 11 is 4.34. The Balaban J connectivity index is 2.01. The number of likely N-dealkylation sites (tertiary alicyclic amines) is 1. The van der Waals surface area contributed by atoms with E-state index in [1.807, 2.05) is 0 Å². The summed E-state index contributed by atoms with van der Waals surface area (Å²) in [4.78, 5) is 2.53. The maximum Gasteiger partial charge on any atom is 0.0000573 e. The van der Waals surface area contributed by atoms with Gasteiger partial charge in [0, 0.05) is 5.25 Å². The van der Waals surface area contributed by atoms with E-state index in [2.05, 4.69) is 24.5 Å². The first kappa shape index (κ1) is 8.41. The van der Waals surface area contributed by atoms with Gasteiger partial charge < -0.3 is 4.90 Å². The van der Waals surface area contributed by atoms with Gasteiger partial charge in [-0.05, 0) is 38.9 Å². The first-order chi connectivity index (χ1) is 4.79. The molecule has 1 nitrogen and oxygen atoms in total. The Hall–Kier alpha value is 0.310. The van der Waals surface area contributed by atoms with E-state index in [9.17, 15) is 0 Å². The molecule has 0 aromatic heterocycles. The van der Waals surface area contributed by atoms with E-state index >= 15 is 0 Å². The summed E-state index contributed by atoms with van der Waals surface area (Å²) in [5.74, 6) is 0. The minimum Gasteiger partial charge on any atom is -0.303 e. The first-order valence-electron chi connectivity index (χ1n) is 4.19. The molecule has 0 bridgehead atoms. The predicted molar refractivity (Wildman–Crippen MR) is 48.7 cm³/mol. The number of hydrogen-bond donors (Lipinski definition) is 1. The highest BCUT2D eigenvalue weighted by Crippen LogP contribution is 2.09. The van der Waals surface area contributed by atoms with E-state index in [1.165, 1.54) is 38.9 Å². The topological polar surface area (TPSA) is 3.24 Å². The minimum atomic E-state index is 0.570. The van der Waals surface area contributed by atoms with E-state index in [1.54, 1.807) is 0 Å². The molecule has 1 heterocycles. The zero-order chi connectivity index (χ0) is 7.40. The zero-order valence-electron chi connectivity index (χ0n) is 6.71. The van der Waals surface area contributed by atoms with Gasteiger partial charge in [-0.1, -0.05) is 6.92 Å². The summed E-state index contributed by atoms with van der Waals surface area (Å²) in [5.41, 5.74) is 0. The Morgan fingerprint density at radius 3 is 2.50 bits per heavy atom. The molecule has 0 aromatic carbocycles. The lowest BCUT2D eigenvalue weighted by molar-refractivity contribution is 0.334. The molecule has 60 valence electrons. The van der Waals surface area contributed by atoms with Gasteiger partial charge in [0.1, 0.15) is 0 Å². The third-order valence-corrected chi connectivity index (χ3v) is 2.32. The van der Waals surface area contributed by atoms with Crippen LogP contribution in [0.3, 0.4) is 0 Å². The van der Waals surface area contributed by atoms with Gasteiger partial charge in [0.2, 0.25) is 0 Å². The predicted octanol–water partition coefficient (Wildman–Crippen LogP) is 1.79. The van der Waals surface area contributed by atoms with Crippen LogP contribution in [-0.2, 0) is 0 Å². The molecule has 0 radical (unpaired) electrons. The number of thiol groups is 1. The Bertz CT molecular complexity index is 87.3. The summed E-state index contributed by atoms with van der Waals surface area (Å²) in [6.07, 6.45) is 4.05. The molecular weight excluding hydrogens is 142 g/mol. The normalized spacial score (nSPS) is 23.4. The summed E-state index contributed by atoms with van der Waals surface area (Å²) in [6, 6.07) is 0. The van der Waals surface area contributed by atoms with Crippen LogP contribution >= 0.6 is 12.6 Å². The van der Waals surface area contributed by atoms with E-state index in [4.69, 9.17) is 0 Å². The molecule has 0 aromatic rings. The van der Waals surface area contributed by atoms with Crippen molar-refractivity contribution in [2.45, 2.75) is 31.4 Å². The molecular formula is C8H17NS. The van der Waals surface area contributed by atoms with E-state index in [0.29, 0.717) is 5.25 Å². The maximum atomic E-state index is 4.34. The summed E-state index contributed by atoms with van der Waals surface area (Å²) in [5, 5.41) is 0.570. The standard InChI is InChI=1S/C8H17NS/c1-8(10)4-7-9-5-2-3-6-9/h8,10H,2-7H2,1H3. The van der Waals surface area contributed by atoms with Crippen molar-refractivity contribution in [2.24, 2.45) is 0 Å². The van der Waals surface area contributed by atoms with Gasteiger partial charge in [0.15, 0.2) is 0 Å². The van der Waals surface area contributed by atoms with Crippen LogP contribution < -0.4 is 0 Å². The van der Waals surface area contributed by atoms with Crippen molar-refractivity contribution in [3.63, 3.8) is 0 Å². The van der Waals surface area contributed by atoms with Crippen LogP contribution in [0, 0.1) is 0 Å². The van der Waals surface area contributed by atoms with Crippen LogP contribution in [0.25, 0.3) is 0 Å². The average molecular weight is 159 g/mol. The van der Waals surface area contributed by atoms with Gasteiger partial charge in [-0.2, -0.15) is 12.6 Å². The molecule has 1 aliphatic heterocycles. The van der Waals surface area contributed by atoms with Crippen molar-refractivity contribution in [1.29, 1.82) is 0 Å². The molecule has 0 aliphatic carbocycles. The van der Waals surface area contributed by atoms with E-state index in [-0.39, 0.29) is 0 Å². The molecule has 0 amide bonds. The Labute approximate surface area is 69.2 Å². The molecule has 0 saturated carbocycles. The van der Waals surface area contributed by atoms with Crippen LogP contribution in [-0.4, -0.2) is 29.8 Å². The Morgan fingerprint density at radius 1 is 1.40 bits per heavy atom. The second-order valence-electron chi connectivity index (χ2n) is 3.19. The highest BCUT2D eigenvalue weighted by Gasteiger charge is 2.10. The molecule has 1 aliphatic rings. The monoisotopic (exact) mass is 159 g/mol. The lowest BCUT2D eigenvalue weighted by Crippen LogP contribution is -2.21. The molecule has 1 rings (SSSR count). The Kier molecular flexibility index (Phi) is 3.57. The minimum absolute atomic E-state index is 0.570. The maximum absolute atomic E-state index is 4.34. The average Bonchev–Trinajstić information content (AvgIpc) is 2.34. The van der Waals surface area contributed by atoms with Crippen molar-refractivity contribution in [3.8, 4) is 0 Å². The molecule has 10 heavy (non-hydrogen) atoms. The second-order valence-corrected chi connectivity index (χ2v) is 4.07. The fourth-order valence-electron chi connectivity index (χ4n) is 1.38. The first-order valence-corrected chi connectivity index (χ1v) is 4.71. The third kappa shape index (κ3) is 2.93. The molecule has 1 saturated heterocycles. The van der Waals surface area contributed by atoms with E-state index in [0.717, 1.165) is 0 Å². The lowest BCUT2D eigenvalue weighted by atomic mass is 10.3. The lowest BCUT2D eigenvalue weighted by Gasteiger charge is -2.14. The molecule has 1 fully saturated rings. The number of rotatable bonds is 3. The SMILES string of the molecule is CC(S)CCN1CCCC1. The fourth-order valence-corrected chi connectivity index (χ4v) is 1.49. The van der Waals surface area contributed by atoms with Crippen LogP contribution in [0.1, 0.15) is 26.2 Å². The van der Waals surface area contributed by atoms with Crippen molar-refractivity contribution < 1.29 is 0 Å². The summed E-state index contributed by atoms with van der Waals surface area (Å²) in [6.45, 7) is 6.06. The zero-order valence-corrected chi connectivity index (χ0v) is 7.61. The van der Waals surface area contributed by atoms with Crippen molar-refractivity contribution in [1.82, 2.24) is 4.90 Å². The smallest absolute Gasteiger partial charge is 0.0000573 e. The quantitative estimate of drug-likeness (QED) is 0.614. The van der Waals surface area contributed by atoms with Crippen LogP contribution in [0.15, 0.2) is 0 Å². The molecule has 1 atom stereocenters. The Morgan fingerprint density at radius 2 is 2.00 bits per heavy atom. The van der Waals surface area contributed by atoms with Gasteiger partial charge in [-0.3, -0.25) is 0 Å². The number of hydrogen-bond acceptors (Lipinski definition) is 2. The van der Waals surface area contributed by atoms with Gasteiger partial charge in [-0.25, -0.2) is 0 Å². The van der Waals surface area contributed by atoms with E-state index < -0.39 is 0 Å². The highest BCUT2D eigenvalue weighted by atomic mass is 32.1. The van der Waals surface area contributed by atoms with Gasteiger partial charge in [0.05, 0.1) is 0 Å². The molecule has 0 N–H and O–H groups in total. The molecule has 1 unspecified atom stereocenters. The van der Waals surface area contributed by atoms with Crippen LogP contribution in [0.5, 0.6) is 0 Å². The molecule has 0 spiro atoms. The second kappa shape index (κ2) is 4.24. The highest BCUT2D eigenvalue weighted by molar-refractivity contribution is 7.80. The van der Waals surface area contributed by atoms with Crippen LogP contribution in [0.2, 0.25) is 0 Å². The van der Waals surface area contributed by atoms with Crippen molar-refractivity contribution in [3.05, 3.63) is 0 Å². The van der Waals surface area contributed by atoms with Gasteiger partial charge >= 0.3 is 0 Å². The summed E-state index contributed by atoms with van der Waals surface area (Å²) in [7, 11) is 0. The van der Waals surface area contributed by atoms with Gasteiger partial charge in [0.25, 0.3) is 0 Å². The summed E-state index contributed by atoms with van der Waals surface area (Å²) < 4.78 is 0.